The van der Waals surface area contributed by atoms with E-state index in [1.807, 2.05) is 18.2 Å². The molecule has 3 heteroatoms. The number of hydrogen-bond acceptors (Lipinski definition) is 1. The second-order valence-corrected chi connectivity index (χ2v) is 5.08. The molecular weight excluding hydrogens is 261 g/mol. The maximum absolute atomic E-state index is 5.93. The maximum atomic E-state index is 5.93. The van der Waals surface area contributed by atoms with Gasteiger partial charge in [0, 0.05) is 6.42 Å². The van der Waals surface area contributed by atoms with Crippen LogP contribution in [0.4, 0.5) is 0 Å². The van der Waals surface area contributed by atoms with Gasteiger partial charge in [0.25, 0.3) is 0 Å². The molecule has 0 saturated carbocycles. The van der Waals surface area contributed by atoms with Crippen LogP contribution in [0.2, 0.25) is 0 Å². The molecule has 0 aliphatic heterocycles. The summed E-state index contributed by atoms with van der Waals surface area (Å²) >= 11 is 9.57. The molecule has 1 rings (SSSR count). The van der Waals surface area contributed by atoms with Gasteiger partial charge in [-0.2, -0.15) is 0 Å². The number of hydrogen-bond donors (Lipinski definition) is 1. The summed E-state index contributed by atoms with van der Waals surface area (Å²) in [6.07, 6.45) is 0.894. The molecule has 0 radical (unpaired) electrons. The van der Waals surface area contributed by atoms with Crippen molar-refractivity contribution < 1.29 is 0 Å². The first-order valence-electron chi connectivity index (χ1n) is 4.74. The van der Waals surface area contributed by atoms with Crippen molar-refractivity contribution in [3.63, 3.8) is 0 Å². The monoisotopic (exact) mass is 275 g/mol. The van der Waals surface area contributed by atoms with Gasteiger partial charge in [0.15, 0.2) is 0 Å². The molecule has 1 unspecified atom stereocenters. The molecule has 1 aromatic carbocycles. The lowest BCUT2D eigenvalue weighted by Crippen LogP contribution is -2.42. The molecule has 78 valence electrons. The Morgan fingerprint density at radius 2 is 2.00 bits per heavy atom. The molecule has 1 aromatic rings. The lowest BCUT2D eigenvalue weighted by molar-refractivity contribution is 0.532. The topological polar surface area (TPSA) is 12.0 Å². The quantitative estimate of drug-likeness (QED) is 0.643. The first kappa shape index (κ1) is 12.0. The molecule has 14 heavy (non-hydrogen) atoms. The van der Waals surface area contributed by atoms with Crippen molar-refractivity contribution in [3.8, 4) is 0 Å². The Morgan fingerprint density at radius 3 is 2.50 bits per heavy atom. The van der Waals surface area contributed by atoms with Crippen LogP contribution in [0.15, 0.2) is 30.3 Å². The van der Waals surface area contributed by atoms with Crippen LogP contribution in [0.25, 0.3) is 0 Å². The largest absolute Gasteiger partial charge is 0.301 e. The zero-order valence-corrected chi connectivity index (χ0v) is 10.6. The number of nitrogens with one attached hydrogen (secondary N) is 1. The maximum Gasteiger partial charge on any atom is 0.0919 e. The van der Waals surface area contributed by atoms with Gasteiger partial charge in [0.2, 0.25) is 0 Å². The standard InChI is InChI=1S/C11H15BrClN/c1-2-14-11(12,9-13)8-10-6-4-3-5-7-10/h3-7,14H,2,8-9H2,1H3. The predicted molar refractivity (Wildman–Crippen MR) is 66.2 cm³/mol. The van der Waals surface area contributed by atoms with Gasteiger partial charge >= 0.3 is 0 Å². The molecule has 0 spiro atoms. The number of rotatable bonds is 5. The number of benzene rings is 1. The minimum Gasteiger partial charge on any atom is -0.301 e. The van der Waals surface area contributed by atoms with Gasteiger partial charge < -0.3 is 5.32 Å². The summed E-state index contributed by atoms with van der Waals surface area (Å²) in [5.41, 5.74) is 1.28. The Bertz CT molecular complexity index is 265. The van der Waals surface area contributed by atoms with Gasteiger partial charge in [-0.05, 0) is 12.1 Å². The molecule has 1 atom stereocenters. The van der Waals surface area contributed by atoms with Gasteiger partial charge in [-0.25, -0.2) is 0 Å². The third-order valence-corrected chi connectivity index (χ3v) is 3.65. The SMILES string of the molecule is CCNC(Br)(CCl)Cc1ccccc1. The van der Waals surface area contributed by atoms with Crippen molar-refractivity contribution in [1.82, 2.24) is 5.32 Å². The summed E-state index contributed by atoms with van der Waals surface area (Å²) in [5.74, 6) is 0.551. The molecule has 0 aromatic heterocycles. The second kappa shape index (κ2) is 5.74. The Morgan fingerprint density at radius 1 is 1.36 bits per heavy atom. The summed E-state index contributed by atoms with van der Waals surface area (Å²) < 4.78 is -0.176. The minimum absolute atomic E-state index is 0.176. The van der Waals surface area contributed by atoms with E-state index in [2.05, 4.69) is 40.3 Å². The lowest BCUT2D eigenvalue weighted by Gasteiger charge is -2.26. The van der Waals surface area contributed by atoms with Gasteiger partial charge in [-0.1, -0.05) is 53.2 Å². The Labute approximate surface area is 99.0 Å². The third kappa shape index (κ3) is 3.60. The lowest BCUT2D eigenvalue weighted by atomic mass is 10.1. The van der Waals surface area contributed by atoms with Crippen LogP contribution < -0.4 is 5.32 Å². The van der Waals surface area contributed by atoms with Crippen molar-refractivity contribution in [2.75, 3.05) is 12.4 Å². The summed E-state index contributed by atoms with van der Waals surface area (Å²) in [6.45, 7) is 2.98. The van der Waals surface area contributed by atoms with E-state index in [9.17, 15) is 0 Å². The molecule has 0 aliphatic carbocycles. The molecule has 1 nitrogen and oxygen atoms in total. The highest BCUT2D eigenvalue weighted by atomic mass is 79.9. The highest BCUT2D eigenvalue weighted by Gasteiger charge is 2.24. The fraction of sp³-hybridized carbons (Fsp3) is 0.455. The average molecular weight is 277 g/mol. The summed E-state index contributed by atoms with van der Waals surface area (Å²) in [5, 5.41) is 3.34. The van der Waals surface area contributed by atoms with Crippen LogP contribution in [-0.2, 0) is 6.42 Å². The van der Waals surface area contributed by atoms with E-state index in [0.29, 0.717) is 5.88 Å². The van der Waals surface area contributed by atoms with Crippen molar-refractivity contribution >= 4 is 27.5 Å². The summed E-state index contributed by atoms with van der Waals surface area (Å²) in [6, 6.07) is 10.3. The van der Waals surface area contributed by atoms with Gasteiger partial charge in [0.05, 0.1) is 10.3 Å². The van der Waals surface area contributed by atoms with E-state index < -0.39 is 0 Å². The molecular formula is C11H15BrClN. The highest BCUT2D eigenvalue weighted by molar-refractivity contribution is 9.10. The zero-order valence-electron chi connectivity index (χ0n) is 8.26. The number of likely N-dealkylation sites (N-methyl/N-ethyl adjacent to an activating group) is 1. The average Bonchev–Trinajstić information content (AvgIpc) is 2.20. The van der Waals surface area contributed by atoms with Crippen molar-refractivity contribution in [2.24, 2.45) is 0 Å². The van der Waals surface area contributed by atoms with E-state index in [1.54, 1.807) is 0 Å². The van der Waals surface area contributed by atoms with E-state index >= 15 is 0 Å². The van der Waals surface area contributed by atoms with Crippen molar-refractivity contribution in [3.05, 3.63) is 35.9 Å². The fourth-order valence-corrected chi connectivity index (χ4v) is 2.19. The normalized spacial score (nSPS) is 15.1. The van der Waals surface area contributed by atoms with E-state index in [4.69, 9.17) is 11.6 Å². The van der Waals surface area contributed by atoms with E-state index in [0.717, 1.165) is 13.0 Å². The van der Waals surface area contributed by atoms with Crippen LogP contribution in [-0.4, -0.2) is 16.9 Å². The van der Waals surface area contributed by atoms with Crippen LogP contribution in [0, 0.1) is 0 Å². The van der Waals surface area contributed by atoms with Gasteiger partial charge in [-0.15, -0.1) is 11.6 Å². The molecule has 0 bridgehead atoms. The van der Waals surface area contributed by atoms with Gasteiger partial charge in [-0.3, -0.25) is 0 Å². The predicted octanol–water partition coefficient (Wildman–Crippen LogP) is 3.17. The number of alkyl halides is 2. The first-order chi connectivity index (χ1) is 6.70. The third-order valence-electron chi connectivity index (χ3n) is 2.03. The zero-order chi connectivity index (χ0) is 10.4. The van der Waals surface area contributed by atoms with Crippen LogP contribution >= 0.6 is 27.5 Å². The van der Waals surface area contributed by atoms with Crippen molar-refractivity contribution in [2.45, 2.75) is 17.8 Å². The minimum atomic E-state index is -0.176. The Hall–Kier alpha value is -0.0500. The van der Waals surface area contributed by atoms with Crippen molar-refractivity contribution in [1.29, 1.82) is 0 Å². The Balaban J connectivity index is 2.65. The van der Waals surface area contributed by atoms with Crippen LogP contribution in [0.1, 0.15) is 12.5 Å². The molecule has 0 fully saturated rings. The van der Waals surface area contributed by atoms with Crippen LogP contribution in [0.3, 0.4) is 0 Å². The number of halogens is 2. The molecule has 1 N–H and O–H groups in total. The summed E-state index contributed by atoms with van der Waals surface area (Å²) in [7, 11) is 0. The Kier molecular flexibility index (Phi) is 4.93. The summed E-state index contributed by atoms with van der Waals surface area (Å²) in [4.78, 5) is 0. The smallest absolute Gasteiger partial charge is 0.0919 e. The van der Waals surface area contributed by atoms with E-state index in [-0.39, 0.29) is 4.45 Å². The molecule has 0 saturated heterocycles. The second-order valence-electron chi connectivity index (χ2n) is 3.29. The molecule has 0 heterocycles. The first-order valence-corrected chi connectivity index (χ1v) is 6.07. The fourth-order valence-electron chi connectivity index (χ4n) is 1.39. The molecule has 0 aliphatic rings. The highest BCUT2D eigenvalue weighted by Crippen LogP contribution is 2.22. The van der Waals surface area contributed by atoms with Gasteiger partial charge in [0.1, 0.15) is 0 Å². The van der Waals surface area contributed by atoms with E-state index in [1.165, 1.54) is 5.56 Å². The van der Waals surface area contributed by atoms with Crippen LogP contribution in [0.5, 0.6) is 0 Å². The molecule has 0 amide bonds.